The molecular weight excluding hydrogens is 421 g/mol. The fraction of sp³-hybridized carbons (Fsp3) is 0.190. The second-order valence-corrected chi connectivity index (χ2v) is 8.43. The molecule has 0 unspecified atom stereocenters. The molecule has 0 saturated heterocycles. The molecule has 0 saturated carbocycles. The number of carbonyl (C=O) groups excluding carboxylic acids is 2. The molecule has 2 amide bonds. The first-order chi connectivity index (χ1) is 13.5. The van der Waals surface area contributed by atoms with E-state index in [1.807, 2.05) is 55.5 Å². The van der Waals surface area contributed by atoms with Gasteiger partial charge >= 0.3 is 170 Å². The van der Waals surface area contributed by atoms with E-state index in [0.29, 0.717) is 15.7 Å². The molecule has 1 aromatic heterocycles. The molecule has 3 aromatic rings. The Hall–Kier alpha value is -2.89. The van der Waals surface area contributed by atoms with Crippen molar-refractivity contribution in [3.8, 4) is 5.75 Å². The number of benzene rings is 2. The van der Waals surface area contributed by atoms with Crippen molar-refractivity contribution in [3.05, 3.63) is 75.9 Å². The monoisotopic (exact) mass is 443 g/mol. The number of methoxy groups -OCH3 is 1. The zero-order valence-corrected chi connectivity index (χ0v) is 17.4. The summed E-state index contributed by atoms with van der Waals surface area (Å²) < 4.78 is 6.26. The number of carbonyl (C=O) groups is 2. The van der Waals surface area contributed by atoms with Crippen molar-refractivity contribution in [2.24, 2.45) is 0 Å². The number of aromatic nitrogens is 1. The Labute approximate surface area is 169 Å². The molecular formula is C21H21N3O3Se. The van der Waals surface area contributed by atoms with E-state index in [-0.39, 0.29) is 32.7 Å². The van der Waals surface area contributed by atoms with Crippen LogP contribution in [0.3, 0.4) is 0 Å². The average Bonchev–Trinajstić information content (AvgIpc) is 3.16. The van der Waals surface area contributed by atoms with Gasteiger partial charge in [-0.3, -0.25) is 0 Å². The molecule has 2 aromatic carbocycles. The van der Waals surface area contributed by atoms with Gasteiger partial charge in [-0.2, -0.15) is 0 Å². The second-order valence-electron chi connectivity index (χ2n) is 6.27. The number of rotatable bonds is 7. The van der Waals surface area contributed by atoms with Crippen LogP contribution in [0.2, 0.25) is 0 Å². The molecule has 0 atom stereocenters. The first kappa shape index (κ1) is 19.9. The molecule has 0 bridgehead atoms. The van der Waals surface area contributed by atoms with Crippen LogP contribution < -0.4 is 15.4 Å². The van der Waals surface area contributed by atoms with E-state index in [1.54, 1.807) is 7.11 Å². The molecule has 0 radical (unpaired) electrons. The number of nitrogens with zero attached hydrogens (tertiary/aromatic N) is 1. The van der Waals surface area contributed by atoms with Crippen LogP contribution in [0.25, 0.3) is 0 Å². The number of hydrogen-bond acceptors (Lipinski definition) is 4. The number of nitrogens with one attached hydrogen (secondary N) is 2. The summed E-state index contributed by atoms with van der Waals surface area (Å²) in [5.74, 6) is 0.483. The van der Waals surface area contributed by atoms with Crippen LogP contribution in [-0.2, 0) is 17.8 Å². The van der Waals surface area contributed by atoms with Crippen LogP contribution in [-0.4, -0.2) is 38.4 Å². The van der Waals surface area contributed by atoms with Gasteiger partial charge in [0.2, 0.25) is 0 Å². The van der Waals surface area contributed by atoms with Gasteiger partial charge < -0.3 is 0 Å². The van der Waals surface area contributed by atoms with Gasteiger partial charge in [-0.05, 0) is 0 Å². The Balaban J connectivity index is 1.51. The third kappa shape index (κ3) is 5.55. The standard InChI is InChI=1S/C21H21N3O3Se/c1-14-3-5-15(6-4-14)11-19(25)24-21-23-13-18(28-21)20(26)22-12-16-7-9-17(27-2)10-8-16/h3-10,13H,11-12H2,1-2H3,(H,22,26)(H,23,24,25). The molecule has 0 aliphatic carbocycles. The number of anilines is 1. The fourth-order valence-corrected chi connectivity index (χ4v) is 4.08. The van der Waals surface area contributed by atoms with E-state index in [9.17, 15) is 9.59 Å². The third-order valence-electron chi connectivity index (χ3n) is 4.07. The maximum absolute atomic E-state index is 12.3. The molecule has 6 nitrogen and oxygen atoms in total. The van der Waals surface area contributed by atoms with Crippen molar-refractivity contribution in [1.82, 2.24) is 10.3 Å². The minimum atomic E-state index is -0.313. The zero-order valence-electron chi connectivity index (χ0n) is 15.7. The summed E-state index contributed by atoms with van der Waals surface area (Å²) in [4.78, 5) is 28.7. The maximum atomic E-state index is 12.3. The molecule has 0 aliphatic heterocycles. The van der Waals surface area contributed by atoms with Crippen LogP contribution in [0, 0.1) is 6.92 Å². The summed E-state index contributed by atoms with van der Waals surface area (Å²) in [5.41, 5.74) is 3.08. The van der Waals surface area contributed by atoms with Crippen LogP contribution in [0.4, 0.5) is 4.69 Å². The number of hydrogen-bond donors (Lipinski definition) is 2. The van der Waals surface area contributed by atoms with Crippen LogP contribution in [0.1, 0.15) is 25.9 Å². The van der Waals surface area contributed by atoms with Crippen LogP contribution in [0.15, 0.2) is 54.7 Å². The van der Waals surface area contributed by atoms with Gasteiger partial charge in [0, 0.05) is 0 Å². The Bertz CT molecular complexity index is 950. The van der Waals surface area contributed by atoms with Crippen molar-refractivity contribution in [1.29, 1.82) is 0 Å². The number of ether oxygens (including phenoxy) is 1. The Morgan fingerprint density at radius 3 is 2.39 bits per heavy atom. The summed E-state index contributed by atoms with van der Waals surface area (Å²) in [6.45, 7) is 2.43. The van der Waals surface area contributed by atoms with Crippen LogP contribution >= 0.6 is 0 Å². The van der Waals surface area contributed by atoms with Gasteiger partial charge in [0.15, 0.2) is 0 Å². The van der Waals surface area contributed by atoms with Crippen molar-refractivity contribution < 1.29 is 14.3 Å². The Kier molecular flexibility index (Phi) is 6.63. The topological polar surface area (TPSA) is 80.3 Å². The summed E-state index contributed by atoms with van der Waals surface area (Å²) >= 11 is -0.313. The summed E-state index contributed by atoms with van der Waals surface area (Å²) in [5, 5.41) is 5.69. The van der Waals surface area contributed by atoms with E-state index in [0.717, 1.165) is 22.4 Å². The van der Waals surface area contributed by atoms with Gasteiger partial charge in [0.05, 0.1) is 0 Å². The predicted molar refractivity (Wildman–Crippen MR) is 109 cm³/mol. The van der Waals surface area contributed by atoms with Crippen molar-refractivity contribution in [2.45, 2.75) is 19.9 Å². The summed E-state index contributed by atoms with van der Waals surface area (Å²) in [7, 11) is 1.61. The van der Waals surface area contributed by atoms with Gasteiger partial charge in [-0.15, -0.1) is 0 Å². The van der Waals surface area contributed by atoms with Crippen LogP contribution in [0.5, 0.6) is 5.75 Å². The van der Waals surface area contributed by atoms with Gasteiger partial charge in [0.25, 0.3) is 0 Å². The minimum absolute atomic E-state index is 0.127. The fourth-order valence-electron chi connectivity index (χ4n) is 2.50. The molecule has 0 fully saturated rings. The van der Waals surface area contributed by atoms with E-state index in [4.69, 9.17) is 4.74 Å². The molecule has 144 valence electrons. The van der Waals surface area contributed by atoms with E-state index in [2.05, 4.69) is 15.6 Å². The molecule has 0 spiro atoms. The Morgan fingerprint density at radius 1 is 1.04 bits per heavy atom. The normalized spacial score (nSPS) is 10.4. The Morgan fingerprint density at radius 2 is 1.71 bits per heavy atom. The van der Waals surface area contributed by atoms with Gasteiger partial charge in [-0.25, -0.2) is 0 Å². The summed E-state index contributed by atoms with van der Waals surface area (Å²) in [6, 6.07) is 15.3. The molecule has 28 heavy (non-hydrogen) atoms. The van der Waals surface area contributed by atoms with Crippen molar-refractivity contribution >= 4 is 31.0 Å². The molecule has 0 aliphatic rings. The number of amides is 2. The van der Waals surface area contributed by atoms with E-state index in [1.165, 1.54) is 6.20 Å². The zero-order chi connectivity index (χ0) is 19.9. The van der Waals surface area contributed by atoms with Crippen molar-refractivity contribution in [3.63, 3.8) is 0 Å². The quantitative estimate of drug-likeness (QED) is 0.552. The second kappa shape index (κ2) is 9.35. The molecule has 2 N–H and O–H groups in total. The molecule has 7 heteroatoms. The SMILES string of the molecule is COc1ccc(CNC(=O)c2cnc(NC(=O)Cc3ccc(C)cc3)[se]2)cc1. The third-order valence-corrected chi connectivity index (χ3v) is 5.99. The van der Waals surface area contributed by atoms with Gasteiger partial charge in [0.1, 0.15) is 0 Å². The van der Waals surface area contributed by atoms with Gasteiger partial charge in [-0.1, -0.05) is 0 Å². The molecule has 3 rings (SSSR count). The van der Waals surface area contributed by atoms with Crippen molar-refractivity contribution in [2.75, 3.05) is 12.4 Å². The van der Waals surface area contributed by atoms with E-state index >= 15 is 0 Å². The average molecular weight is 442 g/mol. The predicted octanol–water partition coefficient (Wildman–Crippen LogP) is 2.57. The first-order valence-electron chi connectivity index (χ1n) is 8.76. The number of aryl methyl sites for hydroxylation is 1. The van der Waals surface area contributed by atoms with E-state index < -0.39 is 0 Å². The first-order valence-corrected chi connectivity index (χ1v) is 10.5. The molecule has 1 heterocycles. The summed E-state index contributed by atoms with van der Waals surface area (Å²) in [6.07, 6.45) is 1.82.